The van der Waals surface area contributed by atoms with Crippen LogP contribution in [0.1, 0.15) is 46.9 Å². The van der Waals surface area contributed by atoms with Crippen molar-refractivity contribution < 1.29 is 17.6 Å². The van der Waals surface area contributed by atoms with Crippen LogP contribution in [0.15, 0.2) is 35.5 Å². The molecule has 1 saturated carbocycles. The Morgan fingerprint density at radius 3 is 2.62 bits per heavy atom. The van der Waals surface area contributed by atoms with Crippen LogP contribution in [0.3, 0.4) is 0 Å². The number of pyridine rings is 1. The number of ketones is 1. The fraction of sp³-hybridized carbons (Fsp3) is 0.364. The van der Waals surface area contributed by atoms with Gasteiger partial charge in [-0.1, -0.05) is 6.07 Å². The Morgan fingerprint density at radius 2 is 2.03 bits per heavy atom. The SMILES string of the molecule is [C-]#[N+]c1cnc(C(=O)Cc2ccc(F)c([C@@]3(C)N=C(N)N(C)S(=O)(=O)C34CC4)c2)c(C)c1. The predicted molar refractivity (Wildman–Crippen MR) is 117 cm³/mol. The number of aryl methyl sites for hydroxylation is 1. The fourth-order valence-electron chi connectivity index (χ4n) is 4.44. The minimum atomic E-state index is -3.83. The second-order valence-corrected chi connectivity index (χ2v) is 10.7. The number of guanidine groups is 1. The first-order valence-corrected chi connectivity index (χ1v) is 11.4. The number of Topliss-reactive ketones (excluding diaryl/α,β-unsaturated/α-hetero) is 1. The van der Waals surface area contributed by atoms with Crippen molar-refractivity contribution in [3.8, 4) is 0 Å². The minimum absolute atomic E-state index is 0.0621. The average Bonchev–Trinajstić information content (AvgIpc) is 3.56. The number of nitrogens with two attached hydrogens (primary N) is 1. The molecular formula is C22H22FN5O3S. The zero-order chi connectivity index (χ0) is 23.5. The number of benzene rings is 1. The Balaban J connectivity index is 1.74. The van der Waals surface area contributed by atoms with E-state index in [0.29, 0.717) is 29.7 Å². The van der Waals surface area contributed by atoms with Crippen molar-refractivity contribution in [3.63, 3.8) is 0 Å². The summed E-state index contributed by atoms with van der Waals surface area (Å²) in [5.41, 5.74) is 6.22. The molecule has 2 heterocycles. The van der Waals surface area contributed by atoms with Crippen LogP contribution in [0.25, 0.3) is 4.85 Å². The summed E-state index contributed by atoms with van der Waals surface area (Å²) in [5.74, 6) is -1.10. The third-order valence-electron chi connectivity index (χ3n) is 6.48. The third-order valence-corrected chi connectivity index (χ3v) is 9.18. The van der Waals surface area contributed by atoms with Gasteiger partial charge in [-0.25, -0.2) is 27.0 Å². The molecule has 1 aromatic heterocycles. The largest absolute Gasteiger partial charge is 0.369 e. The molecule has 166 valence electrons. The molecule has 1 aliphatic carbocycles. The van der Waals surface area contributed by atoms with E-state index >= 15 is 4.39 Å². The zero-order valence-corrected chi connectivity index (χ0v) is 18.7. The Labute approximate surface area is 185 Å². The molecule has 2 N–H and O–H groups in total. The molecule has 1 atom stereocenters. The zero-order valence-electron chi connectivity index (χ0n) is 17.9. The van der Waals surface area contributed by atoms with Gasteiger partial charge in [0.05, 0.1) is 6.57 Å². The fourth-order valence-corrected chi connectivity index (χ4v) is 6.53. The molecule has 1 aromatic carbocycles. The van der Waals surface area contributed by atoms with E-state index < -0.39 is 26.1 Å². The number of rotatable bonds is 4. The highest BCUT2D eigenvalue weighted by atomic mass is 32.2. The summed E-state index contributed by atoms with van der Waals surface area (Å²) in [6, 6.07) is 5.78. The number of hydrogen-bond donors (Lipinski definition) is 1. The number of halogens is 1. The lowest BCUT2D eigenvalue weighted by atomic mass is 9.85. The van der Waals surface area contributed by atoms with Crippen molar-refractivity contribution in [1.82, 2.24) is 9.29 Å². The van der Waals surface area contributed by atoms with Gasteiger partial charge in [0.15, 0.2) is 5.78 Å². The lowest BCUT2D eigenvalue weighted by molar-refractivity contribution is 0.0987. The topological polar surface area (TPSA) is 110 Å². The van der Waals surface area contributed by atoms with Crippen LogP contribution >= 0.6 is 0 Å². The van der Waals surface area contributed by atoms with Gasteiger partial charge in [-0.2, -0.15) is 0 Å². The molecule has 8 nitrogen and oxygen atoms in total. The van der Waals surface area contributed by atoms with Gasteiger partial charge in [0.2, 0.25) is 21.7 Å². The lowest BCUT2D eigenvalue weighted by Crippen LogP contribution is -2.58. The summed E-state index contributed by atoms with van der Waals surface area (Å²) < 4.78 is 40.9. The van der Waals surface area contributed by atoms with Gasteiger partial charge in [-0.15, -0.1) is 0 Å². The van der Waals surface area contributed by atoms with Crippen molar-refractivity contribution in [2.24, 2.45) is 10.7 Å². The number of hydrogen-bond acceptors (Lipinski definition) is 6. The Kier molecular flexibility index (Phi) is 4.86. The molecule has 2 aromatic rings. The molecule has 0 bridgehead atoms. The van der Waals surface area contributed by atoms with Crippen molar-refractivity contribution in [2.45, 2.75) is 43.4 Å². The van der Waals surface area contributed by atoms with Crippen molar-refractivity contribution in [3.05, 3.63) is 70.1 Å². The maximum absolute atomic E-state index is 15.0. The lowest BCUT2D eigenvalue weighted by Gasteiger charge is -2.42. The second-order valence-electron chi connectivity index (χ2n) is 8.39. The number of aromatic nitrogens is 1. The highest BCUT2D eigenvalue weighted by Gasteiger charge is 2.70. The van der Waals surface area contributed by atoms with Crippen LogP contribution in [0.2, 0.25) is 0 Å². The van der Waals surface area contributed by atoms with E-state index in [4.69, 9.17) is 12.3 Å². The van der Waals surface area contributed by atoms with Crippen LogP contribution in [0, 0.1) is 19.3 Å². The second kappa shape index (κ2) is 7.10. The maximum atomic E-state index is 15.0. The van der Waals surface area contributed by atoms with Crippen molar-refractivity contribution in [1.29, 1.82) is 0 Å². The molecule has 0 saturated heterocycles. The number of carbonyl (C=O) groups excluding carboxylic acids is 1. The molecular weight excluding hydrogens is 433 g/mol. The quantitative estimate of drug-likeness (QED) is 0.563. The smallest absolute Gasteiger partial charge is 0.245 e. The summed E-state index contributed by atoms with van der Waals surface area (Å²) in [5, 5.41) is 0. The molecule has 1 aliphatic heterocycles. The molecule has 4 rings (SSSR count). The van der Waals surface area contributed by atoms with E-state index in [1.54, 1.807) is 19.9 Å². The van der Waals surface area contributed by atoms with Gasteiger partial charge in [0.25, 0.3) is 0 Å². The molecule has 0 unspecified atom stereocenters. The van der Waals surface area contributed by atoms with Gasteiger partial charge >= 0.3 is 0 Å². The number of aliphatic imine (C=N–C) groups is 1. The number of carbonyl (C=O) groups is 1. The van der Waals surface area contributed by atoms with E-state index in [9.17, 15) is 13.2 Å². The van der Waals surface area contributed by atoms with Gasteiger partial charge < -0.3 is 5.73 Å². The van der Waals surface area contributed by atoms with E-state index in [1.165, 1.54) is 31.4 Å². The Bertz CT molecular complexity index is 1330. The maximum Gasteiger partial charge on any atom is 0.245 e. The van der Waals surface area contributed by atoms with Gasteiger partial charge in [0.1, 0.15) is 21.8 Å². The highest BCUT2D eigenvalue weighted by molar-refractivity contribution is 7.91. The third kappa shape index (κ3) is 2.99. The summed E-state index contributed by atoms with van der Waals surface area (Å²) >= 11 is 0. The van der Waals surface area contributed by atoms with Crippen molar-refractivity contribution >= 4 is 27.5 Å². The standard InChI is InChI=1S/C22H22FN5O3S/c1-13-9-15(25-3)12-26-19(13)18(29)11-14-5-6-17(23)16(10-14)21(2)22(7-8-22)32(30,31)28(4)20(24)27-21/h5-6,9-10,12H,7-8,11H2,1-2,4H3,(H2,24,27)/t21-/m1/s1. The minimum Gasteiger partial charge on any atom is -0.369 e. The van der Waals surface area contributed by atoms with E-state index in [1.807, 2.05) is 0 Å². The van der Waals surface area contributed by atoms with Crippen LogP contribution in [0.4, 0.5) is 10.1 Å². The van der Waals surface area contributed by atoms with Gasteiger partial charge in [-0.3, -0.25) is 9.78 Å². The van der Waals surface area contributed by atoms with Crippen LogP contribution in [-0.2, 0) is 22.0 Å². The first-order valence-electron chi connectivity index (χ1n) is 9.97. The van der Waals surface area contributed by atoms with Crippen LogP contribution in [0.5, 0.6) is 0 Å². The average molecular weight is 456 g/mol. The number of sulfonamides is 1. The summed E-state index contributed by atoms with van der Waals surface area (Å²) in [7, 11) is -2.49. The Morgan fingerprint density at radius 1 is 1.34 bits per heavy atom. The van der Waals surface area contributed by atoms with E-state index in [-0.39, 0.29) is 29.4 Å². The van der Waals surface area contributed by atoms with Crippen LogP contribution in [-0.4, -0.2) is 41.2 Å². The summed E-state index contributed by atoms with van der Waals surface area (Å²) in [4.78, 5) is 24.7. The van der Waals surface area contributed by atoms with Gasteiger partial charge in [0, 0.05) is 25.2 Å². The normalized spacial score (nSPS) is 22.8. The molecule has 1 spiro atoms. The highest BCUT2D eigenvalue weighted by Crippen LogP contribution is 2.60. The molecule has 2 aliphatic rings. The van der Waals surface area contributed by atoms with Crippen molar-refractivity contribution in [2.75, 3.05) is 7.05 Å². The van der Waals surface area contributed by atoms with Crippen LogP contribution < -0.4 is 5.73 Å². The first kappa shape index (κ1) is 21.9. The monoisotopic (exact) mass is 455 g/mol. The Hall–Kier alpha value is -3.32. The van der Waals surface area contributed by atoms with E-state index in [0.717, 1.165) is 4.31 Å². The molecule has 10 heteroatoms. The number of nitrogens with zero attached hydrogens (tertiary/aromatic N) is 4. The predicted octanol–water partition coefficient (Wildman–Crippen LogP) is 2.84. The first-order chi connectivity index (χ1) is 15.0. The molecule has 32 heavy (non-hydrogen) atoms. The van der Waals surface area contributed by atoms with E-state index in [2.05, 4.69) is 14.8 Å². The summed E-state index contributed by atoms with van der Waals surface area (Å²) in [6.45, 7) is 10.3. The summed E-state index contributed by atoms with van der Waals surface area (Å²) in [6.07, 6.45) is 1.95. The molecule has 0 amide bonds. The molecule has 0 radical (unpaired) electrons. The molecule has 1 fully saturated rings. The van der Waals surface area contributed by atoms with Gasteiger partial charge in [-0.05, 0) is 56.0 Å².